The van der Waals surface area contributed by atoms with E-state index in [1.54, 1.807) is 24.3 Å². The second-order valence-electron chi connectivity index (χ2n) is 5.64. The van der Waals surface area contributed by atoms with Crippen molar-refractivity contribution in [3.63, 3.8) is 0 Å². The highest BCUT2D eigenvalue weighted by Crippen LogP contribution is 2.27. The molecule has 0 unspecified atom stereocenters. The molecule has 4 nitrogen and oxygen atoms in total. The monoisotopic (exact) mass is 434 g/mol. The Morgan fingerprint density at radius 2 is 2.12 bits per heavy atom. The summed E-state index contributed by atoms with van der Waals surface area (Å²) < 4.78 is 20.0. The molecular weight excluding hydrogens is 419 g/mol. The van der Waals surface area contributed by atoms with Crippen LogP contribution in [0.25, 0.3) is 6.08 Å². The number of carbonyl (C=O) groups is 1. The van der Waals surface area contributed by atoms with E-state index in [0.29, 0.717) is 28.7 Å². The van der Waals surface area contributed by atoms with Crippen molar-refractivity contribution in [2.75, 3.05) is 6.54 Å². The number of amides is 1. The van der Waals surface area contributed by atoms with Crippen LogP contribution in [0.3, 0.4) is 0 Å². The molecule has 1 amide bonds. The van der Waals surface area contributed by atoms with Crippen molar-refractivity contribution in [1.29, 1.82) is 0 Å². The van der Waals surface area contributed by atoms with Crippen molar-refractivity contribution in [2.24, 2.45) is 0 Å². The summed E-state index contributed by atoms with van der Waals surface area (Å²) in [6, 6.07) is 11.7. The van der Waals surface area contributed by atoms with Crippen molar-refractivity contribution >= 4 is 45.2 Å². The molecule has 1 heterocycles. The lowest BCUT2D eigenvalue weighted by Crippen LogP contribution is -2.30. The van der Waals surface area contributed by atoms with Gasteiger partial charge in [-0.15, -0.1) is 0 Å². The zero-order chi connectivity index (χ0) is 18.7. The van der Waals surface area contributed by atoms with Crippen molar-refractivity contribution in [3.8, 4) is 5.75 Å². The Hall–Kier alpha value is -2.25. The number of halogens is 2. The molecule has 7 heteroatoms. The third kappa shape index (κ3) is 4.11. The molecule has 0 radical (unpaired) electrons. The van der Waals surface area contributed by atoms with Gasteiger partial charge in [0.2, 0.25) is 0 Å². The molecule has 3 rings (SSSR count). The molecule has 2 aromatic rings. The maximum atomic E-state index is 13.3. The molecule has 0 saturated carbocycles. The highest BCUT2D eigenvalue weighted by molar-refractivity contribution is 9.10. The maximum absolute atomic E-state index is 13.3. The van der Waals surface area contributed by atoms with Gasteiger partial charge in [-0.05, 0) is 61.1 Å². The third-order valence-electron chi connectivity index (χ3n) is 3.83. The van der Waals surface area contributed by atoms with Gasteiger partial charge in [-0.2, -0.15) is 0 Å². The largest absolute Gasteiger partial charge is 0.488 e. The summed E-state index contributed by atoms with van der Waals surface area (Å²) in [6.45, 7) is 2.58. The number of hydrogen-bond acceptors (Lipinski definition) is 3. The minimum Gasteiger partial charge on any atom is -0.488 e. The molecule has 0 aromatic heterocycles. The zero-order valence-corrected chi connectivity index (χ0v) is 16.4. The van der Waals surface area contributed by atoms with Crippen molar-refractivity contribution in [1.82, 2.24) is 10.2 Å². The molecule has 1 fully saturated rings. The Labute approximate surface area is 164 Å². The Morgan fingerprint density at radius 1 is 1.31 bits per heavy atom. The standard InChI is InChI=1S/C19H16BrFN2O2S/c1-2-23-18(24)16(22-19(23)26)10-13-9-14(20)6-7-17(13)25-11-12-4-3-5-15(21)8-12/h3-10H,2,11H2,1H3,(H,22,26)/b16-10-. The van der Waals surface area contributed by atoms with Gasteiger partial charge in [-0.25, -0.2) is 4.39 Å². The molecular formula is C19H16BrFN2O2S. The Kier molecular flexibility index (Phi) is 5.68. The number of benzene rings is 2. The van der Waals surface area contributed by atoms with Crippen LogP contribution in [0.4, 0.5) is 4.39 Å². The summed E-state index contributed by atoms with van der Waals surface area (Å²) in [7, 11) is 0. The summed E-state index contributed by atoms with van der Waals surface area (Å²) >= 11 is 8.60. The van der Waals surface area contributed by atoms with Crippen LogP contribution < -0.4 is 10.1 Å². The van der Waals surface area contributed by atoms with Gasteiger partial charge in [0.1, 0.15) is 23.9 Å². The van der Waals surface area contributed by atoms with E-state index in [1.165, 1.54) is 17.0 Å². The molecule has 2 aromatic carbocycles. The molecule has 26 heavy (non-hydrogen) atoms. The number of nitrogens with zero attached hydrogens (tertiary/aromatic N) is 1. The Bertz CT molecular complexity index is 901. The summed E-state index contributed by atoms with van der Waals surface area (Å²) in [5, 5.41) is 3.32. The number of nitrogens with one attached hydrogen (secondary N) is 1. The lowest BCUT2D eigenvalue weighted by atomic mass is 10.1. The summed E-state index contributed by atoms with van der Waals surface area (Å²) in [5.74, 6) is 0.104. The fourth-order valence-electron chi connectivity index (χ4n) is 2.57. The fourth-order valence-corrected chi connectivity index (χ4v) is 3.27. The quantitative estimate of drug-likeness (QED) is 0.564. The van der Waals surface area contributed by atoms with Gasteiger partial charge in [-0.3, -0.25) is 9.69 Å². The third-order valence-corrected chi connectivity index (χ3v) is 4.65. The maximum Gasteiger partial charge on any atom is 0.276 e. The first-order chi connectivity index (χ1) is 12.5. The summed E-state index contributed by atoms with van der Waals surface area (Å²) in [4.78, 5) is 13.9. The van der Waals surface area contributed by atoms with E-state index < -0.39 is 0 Å². The molecule has 1 aliphatic rings. The predicted octanol–water partition coefficient (Wildman–Crippen LogP) is 4.24. The van der Waals surface area contributed by atoms with E-state index in [2.05, 4.69) is 21.2 Å². The van der Waals surface area contributed by atoms with Crippen molar-refractivity contribution in [3.05, 3.63) is 69.6 Å². The van der Waals surface area contributed by atoms with E-state index in [4.69, 9.17) is 17.0 Å². The summed E-state index contributed by atoms with van der Waals surface area (Å²) in [5.41, 5.74) is 1.83. The highest BCUT2D eigenvalue weighted by atomic mass is 79.9. The molecule has 1 aliphatic heterocycles. The van der Waals surface area contributed by atoms with Crippen LogP contribution in [0, 0.1) is 5.82 Å². The van der Waals surface area contributed by atoms with Gasteiger partial charge < -0.3 is 10.1 Å². The van der Waals surface area contributed by atoms with Crippen molar-refractivity contribution in [2.45, 2.75) is 13.5 Å². The average molecular weight is 435 g/mol. The van der Waals surface area contributed by atoms with Crippen LogP contribution in [0.15, 0.2) is 52.6 Å². The Morgan fingerprint density at radius 3 is 2.81 bits per heavy atom. The molecule has 0 bridgehead atoms. The van der Waals surface area contributed by atoms with Crippen LogP contribution in [-0.4, -0.2) is 22.5 Å². The fraction of sp³-hybridized carbons (Fsp3) is 0.158. The van der Waals surface area contributed by atoms with Crippen LogP contribution in [0.1, 0.15) is 18.1 Å². The molecule has 1 N–H and O–H groups in total. The molecule has 0 atom stereocenters. The van der Waals surface area contributed by atoms with Crippen LogP contribution in [-0.2, 0) is 11.4 Å². The number of ether oxygens (including phenoxy) is 1. The van der Waals surface area contributed by atoms with Gasteiger partial charge >= 0.3 is 0 Å². The molecule has 0 aliphatic carbocycles. The van der Waals surface area contributed by atoms with Gasteiger partial charge in [0, 0.05) is 16.6 Å². The van der Waals surface area contributed by atoms with E-state index in [0.717, 1.165) is 10.0 Å². The second kappa shape index (κ2) is 7.97. The first-order valence-electron chi connectivity index (χ1n) is 7.99. The summed E-state index contributed by atoms with van der Waals surface area (Å²) in [6.07, 6.45) is 1.70. The van der Waals surface area contributed by atoms with E-state index in [9.17, 15) is 9.18 Å². The zero-order valence-electron chi connectivity index (χ0n) is 14.0. The second-order valence-corrected chi connectivity index (χ2v) is 6.94. The van der Waals surface area contributed by atoms with E-state index >= 15 is 0 Å². The normalized spacial score (nSPS) is 15.5. The van der Waals surface area contributed by atoms with Gasteiger partial charge in [0.05, 0.1) is 0 Å². The van der Waals surface area contributed by atoms with Gasteiger partial charge in [0.15, 0.2) is 5.11 Å². The number of rotatable bonds is 5. The van der Waals surface area contributed by atoms with E-state index in [-0.39, 0.29) is 18.3 Å². The number of likely N-dealkylation sites (N-methyl/N-ethyl adjacent to an activating group) is 1. The minimum atomic E-state index is -0.307. The number of thiocarbonyl (C=S) groups is 1. The molecule has 0 spiro atoms. The highest BCUT2D eigenvalue weighted by Gasteiger charge is 2.29. The first kappa shape index (κ1) is 18.5. The average Bonchev–Trinajstić information content (AvgIpc) is 2.87. The van der Waals surface area contributed by atoms with Crippen LogP contribution >= 0.6 is 28.1 Å². The predicted molar refractivity (Wildman–Crippen MR) is 106 cm³/mol. The van der Waals surface area contributed by atoms with Crippen molar-refractivity contribution < 1.29 is 13.9 Å². The lowest BCUT2D eigenvalue weighted by molar-refractivity contribution is -0.122. The minimum absolute atomic E-state index is 0.173. The van der Waals surface area contributed by atoms with Crippen LogP contribution in [0.2, 0.25) is 0 Å². The Balaban J connectivity index is 1.86. The molecule has 1 saturated heterocycles. The smallest absolute Gasteiger partial charge is 0.276 e. The van der Waals surface area contributed by atoms with Gasteiger partial charge in [0.25, 0.3) is 5.91 Å². The number of hydrogen-bond donors (Lipinski definition) is 1. The van der Waals surface area contributed by atoms with Crippen LogP contribution in [0.5, 0.6) is 5.75 Å². The van der Waals surface area contributed by atoms with Gasteiger partial charge in [-0.1, -0.05) is 28.1 Å². The lowest BCUT2D eigenvalue weighted by Gasteiger charge is -2.11. The molecule has 134 valence electrons. The first-order valence-corrected chi connectivity index (χ1v) is 9.19. The van der Waals surface area contributed by atoms with E-state index in [1.807, 2.05) is 19.1 Å². The SMILES string of the molecule is CCN1C(=O)/C(=C/c2cc(Br)ccc2OCc2cccc(F)c2)NC1=S. The topological polar surface area (TPSA) is 41.6 Å². The number of carbonyl (C=O) groups excluding carboxylic acids is 1.